The lowest BCUT2D eigenvalue weighted by Gasteiger charge is -2.22. The fourth-order valence-corrected chi connectivity index (χ4v) is 4.67. The molecule has 1 saturated carbocycles. The van der Waals surface area contributed by atoms with E-state index < -0.39 is 23.3 Å². The lowest BCUT2D eigenvalue weighted by Crippen LogP contribution is -2.39. The topological polar surface area (TPSA) is 124 Å². The van der Waals surface area contributed by atoms with Gasteiger partial charge < -0.3 is 15.2 Å². The van der Waals surface area contributed by atoms with Gasteiger partial charge in [0, 0.05) is 36.3 Å². The third-order valence-corrected chi connectivity index (χ3v) is 6.72. The molecular formula is C28H26F3N7O3. The maximum Gasteiger partial charge on any atom is 0.433 e. The predicted molar refractivity (Wildman–Crippen MR) is 143 cm³/mol. The van der Waals surface area contributed by atoms with Gasteiger partial charge in [-0.2, -0.15) is 18.3 Å². The van der Waals surface area contributed by atoms with Gasteiger partial charge in [-0.25, -0.2) is 9.67 Å². The van der Waals surface area contributed by atoms with Crippen LogP contribution >= 0.6 is 0 Å². The number of nitrogens with zero attached hydrogens (tertiary/aromatic N) is 5. The minimum absolute atomic E-state index is 0.0305. The fraction of sp³-hybridized carbons (Fsp3) is 0.286. The molecule has 2 N–H and O–H groups in total. The predicted octanol–water partition coefficient (Wildman–Crippen LogP) is 4.21. The molecular weight excluding hydrogens is 539 g/mol. The molecule has 0 atom stereocenters. The van der Waals surface area contributed by atoms with Crippen molar-refractivity contribution in [2.24, 2.45) is 0 Å². The Labute approximate surface area is 232 Å². The first-order chi connectivity index (χ1) is 19.7. The van der Waals surface area contributed by atoms with Crippen LogP contribution in [-0.4, -0.2) is 42.2 Å². The first kappa shape index (κ1) is 27.7. The summed E-state index contributed by atoms with van der Waals surface area (Å²) < 4.78 is 43.2. The molecule has 0 aromatic carbocycles. The molecule has 1 aliphatic carbocycles. The van der Waals surface area contributed by atoms with Crippen LogP contribution in [0.1, 0.15) is 48.2 Å². The van der Waals surface area contributed by atoms with E-state index in [1.807, 2.05) is 0 Å². The van der Waals surface area contributed by atoms with E-state index in [-0.39, 0.29) is 41.3 Å². The SMILES string of the molecule is O=C(Cn1cc(C(=O)Nc2ccc(-n3nc(-c4cccnc4)cc3C(F)(F)F)cn2)ccc1=O)NC1CCCCC1. The Kier molecular flexibility index (Phi) is 7.95. The molecule has 41 heavy (non-hydrogen) atoms. The van der Waals surface area contributed by atoms with Crippen molar-refractivity contribution in [2.45, 2.75) is 50.9 Å². The second-order valence-corrected chi connectivity index (χ2v) is 9.71. The number of hydrogen-bond acceptors (Lipinski definition) is 6. The van der Waals surface area contributed by atoms with Gasteiger partial charge >= 0.3 is 6.18 Å². The summed E-state index contributed by atoms with van der Waals surface area (Å²) in [4.78, 5) is 45.6. The maximum absolute atomic E-state index is 13.8. The van der Waals surface area contributed by atoms with Crippen molar-refractivity contribution >= 4 is 17.6 Å². The lowest BCUT2D eigenvalue weighted by molar-refractivity contribution is -0.142. The molecule has 2 amide bonds. The summed E-state index contributed by atoms with van der Waals surface area (Å²) in [6.45, 7) is -0.226. The van der Waals surface area contributed by atoms with Crippen LogP contribution < -0.4 is 16.2 Å². The molecule has 212 valence electrons. The van der Waals surface area contributed by atoms with E-state index in [9.17, 15) is 27.6 Å². The molecule has 4 aromatic heterocycles. The van der Waals surface area contributed by atoms with Crippen LogP contribution in [0.25, 0.3) is 16.9 Å². The second-order valence-electron chi connectivity index (χ2n) is 9.71. The first-order valence-corrected chi connectivity index (χ1v) is 13.0. The molecule has 0 unspecified atom stereocenters. The molecule has 10 nitrogen and oxygen atoms in total. The Hall–Kier alpha value is -4.81. The quantitative estimate of drug-likeness (QED) is 0.346. The van der Waals surface area contributed by atoms with Gasteiger partial charge in [-0.1, -0.05) is 19.3 Å². The molecule has 0 spiro atoms. The molecule has 1 fully saturated rings. The molecule has 1 aliphatic rings. The van der Waals surface area contributed by atoms with E-state index in [0.717, 1.165) is 53.6 Å². The van der Waals surface area contributed by atoms with E-state index in [4.69, 9.17) is 0 Å². The molecule has 5 rings (SSSR count). The number of hydrogen-bond donors (Lipinski definition) is 2. The number of halogens is 3. The Morgan fingerprint density at radius 3 is 2.51 bits per heavy atom. The van der Waals surface area contributed by atoms with Crippen molar-refractivity contribution in [1.82, 2.24) is 29.6 Å². The molecule has 4 heterocycles. The van der Waals surface area contributed by atoms with Crippen molar-refractivity contribution in [2.75, 3.05) is 5.32 Å². The Balaban J connectivity index is 1.29. The normalized spacial score (nSPS) is 14.0. The van der Waals surface area contributed by atoms with E-state index in [2.05, 4.69) is 25.7 Å². The summed E-state index contributed by atoms with van der Waals surface area (Å²) in [6, 6.07) is 9.40. The molecule has 0 saturated heterocycles. The van der Waals surface area contributed by atoms with Crippen molar-refractivity contribution in [3.63, 3.8) is 0 Å². The summed E-state index contributed by atoms with van der Waals surface area (Å²) in [7, 11) is 0. The molecule has 4 aromatic rings. The second kappa shape index (κ2) is 11.7. The van der Waals surface area contributed by atoms with Crippen LogP contribution in [0.5, 0.6) is 0 Å². The third-order valence-electron chi connectivity index (χ3n) is 6.72. The average molecular weight is 566 g/mol. The molecule has 13 heteroatoms. The van der Waals surface area contributed by atoms with Crippen molar-refractivity contribution in [3.05, 3.63) is 88.9 Å². The molecule has 0 radical (unpaired) electrons. The van der Waals surface area contributed by atoms with Crippen LogP contribution in [0.15, 0.2) is 72.0 Å². The van der Waals surface area contributed by atoms with Gasteiger partial charge in [0.25, 0.3) is 11.5 Å². The number of alkyl halides is 3. The van der Waals surface area contributed by atoms with Gasteiger partial charge in [0.05, 0.1) is 23.1 Å². The lowest BCUT2D eigenvalue weighted by atomic mass is 9.95. The van der Waals surface area contributed by atoms with E-state index in [0.29, 0.717) is 5.56 Å². The fourth-order valence-electron chi connectivity index (χ4n) is 4.67. The van der Waals surface area contributed by atoms with Gasteiger partial charge in [-0.05, 0) is 49.2 Å². The Bertz CT molecular complexity index is 1590. The monoisotopic (exact) mass is 565 g/mol. The first-order valence-electron chi connectivity index (χ1n) is 13.0. The number of carbonyl (C=O) groups excluding carboxylic acids is 2. The summed E-state index contributed by atoms with van der Waals surface area (Å²) in [5, 5.41) is 9.59. The van der Waals surface area contributed by atoms with Crippen molar-refractivity contribution < 1.29 is 22.8 Å². The number of rotatable bonds is 7. The summed E-state index contributed by atoms with van der Waals surface area (Å²) in [5.74, 6) is -0.849. The number of amides is 2. The van der Waals surface area contributed by atoms with Crippen LogP contribution in [-0.2, 0) is 17.5 Å². The summed E-state index contributed by atoms with van der Waals surface area (Å²) in [6.07, 6.45) is 5.72. The van der Waals surface area contributed by atoms with Gasteiger partial charge in [0.2, 0.25) is 5.91 Å². The van der Waals surface area contributed by atoms with Crippen LogP contribution in [0.3, 0.4) is 0 Å². The van der Waals surface area contributed by atoms with E-state index in [1.54, 1.807) is 12.1 Å². The Morgan fingerprint density at radius 1 is 1.02 bits per heavy atom. The van der Waals surface area contributed by atoms with Crippen LogP contribution in [0.4, 0.5) is 19.0 Å². The average Bonchev–Trinajstić information content (AvgIpc) is 3.42. The molecule has 0 aliphatic heterocycles. The highest BCUT2D eigenvalue weighted by atomic mass is 19.4. The van der Waals surface area contributed by atoms with Gasteiger partial charge in [-0.15, -0.1) is 0 Å². The van der Waals surface area contributed by atoms with Gasteiger partial charge in [0.15, 0.2) is 0 Å². The standard InChI is InChI=1S/C28H26F3N7O3/c29-28(30,31)23-13-22(18-5-4-12-32-14-18)36-38(23)21-9-10-24(33-15-21)35-27(41)19-8-11-26(40)37(16-19)17-25(39)34-20-6-2-1-3-7-20/h4-5,8-16,20H,1-3,6-7,17H2,(H,34,39)(H,33,35,41). The van der Waals surface area contributed by atoms with Gasteiger partial charge in [-0.3, -0.25) is 19.4 Å². The van der Waals surface area contributed by atoms with Crippen LogP contribution in [0.2, 0.25) is 0 Å². The Morgan fingerprint density at radius 2 is 1.83 bits per heavy atom. The van der Waals surface area contributed by atoms with Crippen molar-refractivity contribution in [3.8, 4) is 16.9 Å². The number of pyridine rings is 3. The van der Waals surface area contributed by atoms with E-state index >= 15 is 0 Å². The molecule has 0 bridgehead atoms. The number of aromatic nitrogens is 5. The smallest absolute Gasteiger partial charge is 0.352 e. The highest BCUT2D eigenvalue weighted by molar-refractivity contribution is 6.03. The number of carbonyl (C=O) groups is 2. The summed E-state index contributed by atoms with van der Waals surface area (Å²) in [5.41, 5.74) is -0.791. The van der Waals surface area contributed by atoms with Crippen molar-refractivity contribution in [1.29, 1.82) is 0 Å². The van der Waals surface area contributed by atoms with Gasteiger partial charge in [0.1, 0.15) is 18.1 Å². The minimum Gasteiger partial charge on any atom is -0.352 e. The number of anilines is 1. The zero-order valence-corrected chi connectivity index (χ0v) is 21.8. The number of nitrogens with one attached hydrogen (secondary N) is 2. The minimum atomic E-state index is -4.68. The van der Waals surface area contributed by atoms with E-state index in [1.165, 1.54) is 42.9 Å². The maximum atomic E-state index is 13.8. The third kappa shape index (κ3) is 6.68. The summed E-state index contributed by atoms with van der Waals surface area (Å²) >= 11 is 0. The highest BCUT2D eigenvalue weighted by Gasteiger charge is 2.36. The highest BCUT2D eigenvalue weighted by Crippen LogP contribution is 2.34. The van der Waals surface area contributed by atoms with Crippen LogP contribution in [0, 0.1) is 0 Å². The zero-order chi connectivity index (χ0) is 29.0. The largest absolute Gasteiger partial charge is 0.433 e. The zero-order valence-electron chi connectivity index (χ0n) is 21.8.